The van der Waals surface area contributed by atoms with Crippen molar-refractivity contribution in [2.24, 2.45) is 0 Å². The summed E-state index contributed by atoms with van der Waals surface area (Å²) in [7, 11) is 1.64. The van der Waals surface area contributed by atoms with Gasteiger partial charge in [0, 0.05) is 44.6 Å². The van der Waals surface area contributed by atoms with Gasteiger partial charge in [-0.25, -0.2) is 8.78 Å². The molecule has 0 radical (unpaired) electrons. The van der Waals surface area contributed by atoms with Gasteiger partial charge in [-0.3, -0.25) is 24.1 Å². The lowest BCUT2D eigenvalue weighted by Gasteiger charge is -2.38. The fourth-order valence-electron chi connectivity index (χ4n) is 3.86. The maximum absolute atomic E-state index is 13.8. The minimum absolute atomic E-state index is 0.0269. The van der Waals surface area contributed by atoms with Gasteiger partial charge in [-0.15, -0.1) is 0 Å². The lowest BCUT2D eigenvalue weighted by atomic mass is 10.1. The summed E-state index contributed by atoms with van der Waals surface area (Å²) in [5.74, 6) is -3.86. The van der Waals surface area contributed by atoms with Crippen LogP contribution in [-0.4, -0.2) is 59.5 Å². The quantitative estimate of drug-likeness (QED) is 0.705. The van der Waals surface area contributed by atoms with Crippen molar-refractivity contribution in [2.45, 2.75) is 25.5 Å². The van der Waals surface area contributed by atoms with Gasteiger partial charge < -0.3 is 20.1 Å². The third-order valence-corrected chi connectivity index (χ3v) is 5.54. The molecule has 0 bridgehead atoms. The number of fused-ring (bicyclic) bond motifs is 1. The van der Waals surface area contributed by atoms with Crippen molar-refractivity contribution < 1.29 is 28.2 Å². The number of amides is 2. The van der Waals surface area contributed by atoms with Crippen LogP contribution in [0.4, 0.5) is 8.78 Å². The third-order valence-electron chi connectivity index (χ3n) is 5.54. The van der Waals surface area contributed by atoms with Crippen molar-refractivity contribution in [3.63, 3.8) is 0 Å². The molecule has 2 aliphatic heterocycles. The lowest BCUT2D eigenvalue weighted by Crippen LogP contribution is -2.54. The van der Waals surface area contributed by atoms with Gasteiger partial charge in [-0.05, 0) is 18.9 Å². The Labute approximate surface area is 181 Å². The molecular formula is C21H22F2N4O5. The van der Waals surface area contributed by atoms with Crippen molar-refractivity contribution in [2.75, 3.05) is 31.9 Å². The Balaban J connectivity index is 1.57. The first-order valence-corrected chi connectivity index (χ1v) is 10.1. The molecule has 2 aliphatic rings. The van der Waals surface area contributed by atoms with Crippen LogP contribution in [-0.2, 0) is 11.3 Å². The Kier molecular flexibility index (Phi) is 5.83. The maximum atomic E-state index is 13.8. The van der Waals surface area contributed by atoms with E-state index >= 15 is 0 Å². The molecule has 1 aromatic carbocycles. The molecular weight excluding hydrogens is 426 g/mol. The monoisotopic (exact) mass is 448 g/mol. The summed E-state index contributed by atoms with van der Waals surface area (Å²) in [5.41, 5.74) is -1.66. The number of ether oxygens (including phenoxy) is 1. The average Bonchev–Trinajstić information content (AvgIpc) is 3.26. The zero-order chi connectivity index (χ0) is 23.0. The number of carbonyl (C=O) groups excluding carboxylic acids is 2. The predicted molar refractivity (Wildman–Crippen MR) is 109 cm³/mol. The van der Waals surface area contributed by atoms with Crippen molar-refractivity contribution in [1.82, 2.24) is 14.9 Å². The van der Waals surface area contributed by atoms with E-state index in [1.165, 1.54) is 15.6 Å². The van der Waals surface area contributed by atoms with E-state index in [1.807, 2.05) is 0 Å². The maximum Gasteiger partial charge on any atom is 0.277 e. The fourth-order valence-corrected chi connectivity index (χ4v) is 3.86. The Morgan fingerprint density at radius 3 is 2.78 bits per heavy atom. The van der Waals surface area contributed by atoms with Crippen LogP contribution in [0.15, 0.2) is 29.2 Å². The minimum atomic E-state index is -1.02. The molecule has 1 fully saturated rings. The summed E-state index contributed by atoms with van der Waals surface area (Å²) < 4.78 is 33.6. The smallest absolute Gasteiger partial charge is 0.277 e. The number of pyridine rings is 1. The summed E-state index contributed by atoms with van der Waals surface area (Å²) >= 11 is 0. The number of rotatable bonds is 5. The van der Waals surface area contributed by atoms with Crippen molar-refractivity contribution in [3.05, 3.63) is 63.1 Å². The highest BCUT2D eigenvalue weighted by atomic mass is 19.1. The van der Waals surface area contributed by atoms with Crippen LogP contribution in [0.2, 0.25) is 0 Å². The number of nitrogens with zero attached hydrogens (tertiary/aromatic N) is 3. The molecule has 0 spiro atoms. The molecule has 0 unspecified atom stereocenters. The summed E-state index contributed by atoms with van der Waals surface area (Å²) in [6, 6.07) is 2.91. The van der Waals surface area contributed by atoms with Gasteiger partial charge in [0.25, 0.3) is 11.8 Å². The highest BCUT2D eigenvalue weighted by Crippen LogP contribution is 2.23. The molecule has 11 heteroatoms. The molecule has 4 rings (SSSR count). The lowest BCUT2D eigenvalue weighted by molar-refractivity contribution is 0.0465. The molecule has 9 nitrogen and oxygen atoms in total. The summed E-state index contributed by atoms with van der Waals surface area (Å²) in [6.07, 6.45) is 2.78. The van der Waals surface area contributed by atoms with E-state index in [0.29, 0.717) is 19.2 Å². The molecule has 0 aliphatic carbocycles. The average molecular weight is 448 g/mol. The van der Waals surface area contributed by atoms with Gasteiger partial charge in [-0.2, -0.15) is 0 Å². The van der Waals surface area contributed by atoms with E-state index in [9.17, 15) is 28.3 Å². The van der Waals surface area contributed by atoms with E-state index in [2.05, 4.69) is 5.32 Å². The fraction of sp³-hybridized carbons (Fsp3) is 0.381. The van der Waals surface area contributed by atoms with Gasteiger partial charge in [0.15, 0.2) is 11.4 Å². The van der Waals surface area contributed by atoms with Crippen LogP contribution in [0.1, 0.15) is 39.3 Å². The molecule has 1 aromatic heterocycles. The number of halogens is 2. The van der Waals surface area contributed by atoms with Crippen molar-refractivity contribution in [3.8, 4) is 5.75 Å². The second-order valence-electron chi connectivity index (χ2n) is 7.79. The number of hydrogen-bond acceptors (Lipinski definition) is 6. The molecule has 0 saturated carbocycles. The molecule has 170 valence electrons. The number of carbonyl (C=O) groups is 2. The van der Waals surface area contributed by atoms with Crippen molar-refractivity contribution >= 4 is 11.8 Å². The summed E-state index contributed by atoms with van der Waals surface area (Å²) in [5, 5.41) is 14.4. The number of benzene rings is 1. The molecule has 2 N–H and O–H groups in total. The summed E-state index contributed by atoms with van der Waals surface area (Å²) in [4.78, 5) is 39.6. The first-order chi connectivity index (χ1) is 15.3. The Morgan fingerprint density at radius 2 is 2.09 bits per heavy atom. The van der Waals surface area contributed by atoms with Crippen LogP contribution < -0.4 is 15.8 Å². The summed E-state index contributed by atoms with van der Waals surface area (Å²) in [6.45, 7) is 0.819. The standard InChI is InChI=1S/C21H22F2N4O5/c1-25-11-26(9-14-3-2-6-32-14)21(31)17-19(29)18(28)15(10-27(17)25)20(30)24-8-12-4-5-13(22)7-16(12)23/h4-5,7,10,14,29H,2-3,6,8-9,11H2,1H3,(H,24,30)/t14-/m1/s1. The molecule has 1 saturated heterocycles. The normalized spacial score (nSPS) is 18.1. The van der Waals surface area contributed by atoms with Crippen molar-refractivity contribution in [1.29, 1.82) is 0 Å². The second kappa shape index (κ2) is 8.58. The van der Waals surface area contributed by atoms with E-state index in [4.69, 9.17) is 4.74 Å². The molecule has 2 amide bonds. The van der Waals surface area contributed by atoms with Gasteiger partial charge in [0.05, 0.1) is 6.10 Å². The molecule has 3 heterocycles. The largest absolute Gasteiger partial charge is 0.502 e. The van der Waals surface area contributed by atoms with Crippen LogP contribution in [0.3, 0.4) is 0 Å². The minimum Gasteiger partial charge on any atom is -0.502 e. The number of aromatic nitrogens is 1. The van der Waals surface area contributed by atoms with Gasteiger partial charge >= 0.3 is 0 Å². The Hall–Kier alpha value is -3.47. The zero-order valence-corrected chi connectivity index (χ0v) is 17.3. The Morgan fingerprint density at radius 1 is 1.31 bits per heavy atom. The van der Waals surface area contributed by atoms with E-state index in [-0.39, 0.29) is 30.6 Å². The first-order valence-electron chi connectivity index (χ1n) is 10.1. The molecule has 1 atom stereocenters. The van der Waals surface area contributed by atoms with Crippen LogP contribution in [0, 0.1) is 11.6 Å². The van der Waals surface area contributed by atoms with E-state index < -0.39 is 40.2 Å². The number of hydrogen-bond donors (Lipinski definition) is 2. The van der Waals surface area contributed by atoms with Crippen LogP contribution in [0.5, 0.6) is 5.75 Å². The SMILES string of the molecule is CN1CN(C[C@H]2CCCO2)C(=O)c2c(O)c(=O)c(C(=O)NCc3ccc(F)cc3F)cn21. The number of nitrogens with one attached hydrogen (secondary N) is 1. The van der Waals surface area contributed by atoms with Crippen LogP contribution >= 0.6 is 0 Å². The Bertz CT molecular complexity index is 1130. The van der Waals surface area contributed by atoms with Gasteiger partial charge in [0.2, 0.25) is 5.43 Å². The van der Waals surface area contributed by atoms with Crippen LogP contribution in [0.25, 0.3) is 0 Å². The third kappa shape index (κ3) is 4.03. The first kappa shape index (κ1) is 21.8. The van der Waals surface area contributed by atoms with E-state index in [0.717, 1.165) is 25.1 Å². The highest BCUT2D eigenvalue weighted by molar-refractivity contribution is 5.99. The zero-order valence-electron chi connectivity index (χ0n) is 17.3. The number of aromatic hydroxyl groups is 1. The predicted octanol–water partition coefficient (Wildman–Crippen LogP) is 0.922. The highest BCUT2D eigenvalue weighted by Gasteiger charge is 2.34. The topological polar surface area (TPSA) is 104 Å². The second-order valence-corrected chi connectivity index (χ2v) is 7.79. The van der Waals surface area contributed by atoms with E-state index in [1.54, 1.807) is 12.1 Å². The molecule has 2 aromatic rings. The van der Waals surface area contributed by atoms with Gasteiger partial charge in [0.1, 0.15) is 23.9 Å². The van der Waals surface area contributed by atoms with Gasteiger partial charge in [-0.1, -0.05) is 6.07 Å². The molecule has 32 heavy (non-hydrogen) atoms.